The van der Waals surface area contributed by atoms with Gasteiger partial charge in [-0.2, -0.15) is 0 Å². The summed E-state index contributed by atoms with van der Waals surface area (Å²) in [5, 5.41) is 3.44. The van der Waals surface area contributed by atoms with Crippen LogP contribution in [0.3, 0.4) is 0 Å². The first-order valence-corrected chi connectivity index (χ1v) is 10.8. The van der Waals surface area contributed by atoms with Gasteiger partial charge in [0.1, 0.15) is 0 Å². The lowest BCUT2D eigenvalue weighted by Crippen LogP contribution is -2.53. The Morgan fingerprint density at radius 3 is 2.24 bits per heavy atom. The van der Waals surface area contributed by atoms with Crippen molar-refractivity contribution in [2.45, 2.75) is 64.8 Å². The van der Waals surface area contributed by atoms with Gasteiger partial charge in [0.15, 0.2) is 0 Å². The van der Waals surface area contributed by atoms with Gasteiger partial charge >= 0.3 is 0 Å². The van der Waals surface area contributed by atoms with E-state index in [-0.39, 0.29) is 0 Å². The van der Waals surface area contributed by atoms with Crippen LogP contribution < -0.4 is 5.32 Å². The van der Waals surface area contributed by atoms with E-state index in [0.29, 0.717) is 17.2 Å². The van der Waals surface area contributed by atoms with E-state index >= 15 is 0 Å². The van der Waals surface area contributed by atoms with Crippen LogP contribution in [0.15, 0.2) is 0 Å². The van der Waals surface area contributed by atoms with Gasteiger partial charge < -0.3 is 10.2 Å². The van der Waals surface area contributed by atoms with Gasteiger partial charge in [-0.15, -0.1) is 0 Å². The van der Waals surface area contributed by atoms with Crippen LogP contribution in [0.2, 0.25) is 0 Å². The van der Waals surface area contributed by atoms with Gasteiger partial charge in [-0.3, -0.25) is 9.69 Å². The molecule has 0 bridgehead atoms. The molecule has 1 spiro atoms. The standard InChI is InChI=1S/C21H37N3O/c1-16(2)17-3-5-18(6-4-17)23-11-13-24(14-12-23)20(25)19-15-21(19)7-9-22-10-8-21/h16-19,22H,3-15H2,1-2H3. The average molecular weight is 348 g/mol. The van der Waals surface area contributed by atoms with Crippen molar-refractivity contribution in [1.29, 1.82) is 0 Å². The molecule has 4 fully saturated rings. The number of carbonyl (C=O) groups excluding carboxylic acids is 1. The number of piperazine rings is 1. The fourth-order valence-corrected chi connectivity index (χ4v) is 5.84. The number of hydrogen-bond acceptors (Lipinski definition) is 3. The van der Waals surface area contributed by atoms with Gasteiger partial charge in [-0.05, 0) is 75.3 Å². The van der Waals surface area contributed by atoms with E-state index in [0.717, 1.165) is 63.6 Å². The molecule has 2 aliphatic carbocycles. The second-order valence-electron chi connectivity index (χ2n) is 9.54. The molecule has 2 heterocycles. The van der Waals surface area contributed by atoms with Crippen LogP contribution in [0.5, 0.6) is 0 Å². The van der Waals surface area contributed by atoms with Crippen LogP contribution in [0.1, 0.15) is 58.8 Å². The first kappa shape index (κ1) is 17.8. The van der Waals surface area contributed by atoms with E-state index in [1.807, 2.05) is 0 Å². The minimum absolute atomic E-state index is 0.350. The zero-order valence-electron chi connectivity index (χ0n) is 16.3. The summed E-state index contributed by atoms with van der Waals surface area (Å²) in [6.07, 6.45) is 9.13. The Morgan fingerprint density at radius 2 is 1.64 bits per heavy atom. The Hall–Kier alpha value is -0.610. The Labute approximate surface area is 153 Å². The van der Waals surface area contributed by atoms with Crippen molar-refractivity contribution in [3.05, 3.63) is 0 Å². The predicted molar refractivity (Wildman–Crippen MR) is 101 cm³/mol. The maximum Gasteiger partial charge on any atom is 0.226 e. The summed E-state index contributed by atoms with van der Waals surface area (Å²) >= 11 is 0. The number of hydrogen-bond donors (Lipinski definition) is 1. The predicted octanol–water partition coefficient (Wildman–Crippen LogP) is 2.74. The van der Waals surface area contributed by atoms with Crippen LogP contribution in [-0.2, 0) is 4.79 Å². The molecule has 2 saturated carbocycles. The molecule has 0 radical (unpaired) electrons. The minimum Gasteiger partial charge on any atom is -0.340 e. The second-order valence-corrected chi connectivity index (χ2v) is 9.54. The number of nitrogens with zero attached hydrogens (tertiary/aromatic N) is 2. The van der Waals surface area contributed by atoms with E-state index < -0.39 is 0 Å². The molecule has 0 aromatic rings. The van der Waals surface area contributed by atoms with Gasteiger partial charge in [0.25, 0.3) is 0 Å². The maximum atomic E-state index is 12.9. The third-order valence-electron chi connectivity index (χ3n) is 7.91. The normalized spacial score (nSPS) is 36.0. The molecule has 142 valence electrons. The highest BCUT2D eigenvalue weighted by molar-refractivity contribution is 5.83. The molecule has 0 aromatic carbocycles. The number of amides is 1. The quantitative estimate of drug-likeness (QED) is 0.853. The summed E-state index contributed by atoms with van der Waals surface area (Å²) in [5.74, 6) is 2.61. The molecule has 2 aliphatic heterocycles. The van der Waals surface area contributed by atoms with Crippen molar-refractivity contribution < 1.29 is 4.79 Å². The van der Waals surface area contributed by atoms with Gasteiger partial charge in [0.05, 0.1) is 0 Å². The van der Waals surface area contributed by atoms with Crippen molar-refractivity contribution >= 4 is 5.91 Å². The smallest absolute Gasteiger partial charge is 0.226 e. The molecule has 2 saturated heterocycles. The molecule has 1 atom stereocenters. The summed E-state index contributed by atoms with van der Waals surface area (Å²) in [6.45, 7) is 11.1. The number of piperidine rings is 1. The van der Waals surface area contributed by atoms with Crippen molar-refractivity contribution in [1.82, 2.24) is 15.1 Å². The summed E-state index contributed by atoms with van der Waals surface area (Å²) in [7, 11) is 0. The van der Waals surface area contributed by atoms with Crippen LogP contribution in [0.25, 0.3) is 0 Å². The lowest BCUT2D eigenvalue weighted by atomic mass is 9.79. The van der Waals surface area contributed by atoms with E-state index in [1.54, 1.807) is 0 Å². The zero-order chi connectivity index (χ0) is 17.4. The fraction of sp³-hybridized carbons (Fsp3) is 0.952. The largest absolute Gasteiger partial charge is 0.340 e. The molecule has 1 amide bonds. The zero-order valence-corrected chi connectivity index (χ0v) is 16.3. The van der Waals surface area contributed by atoms with E-state index in [1.165, 1.54) is 38.5 Å². The number of nitrogens with one attached hydrogen (secondary N) is 1. The molecule has 4 nitrogen and oxygen atoms in total. The van der Waals surface area contributed by atoms with Gasteiger partial charge in [0.2, 0.25) is 5.91 Å². The summed E-state index contributed by atoms with van der Waals surface area (Å²) in [5.41, 5.74) is 0.384. The highest BCUT2D eigenvalue weighted by atomic mass is 16.2. The van der Waals surface area contributed by atoms with Crippen LogP contribution >= 0.6 is 0 Å². The van der Waals surface area contributed by atoms with Crippen LogP contribution in [-0.4, -0.2) is 61.0 Å². The highest BCUT2D eigenvalue weighted by Gasteiger charge is 2.58. The Kier molecular flexibility index (Phi) is 5.11. The average Bonchev–Trinajstić information content (AvgIpc) is 3.34. The molecular formula is C21H37N3O. The Morgan fingerprint density at radius 1 is 1.00 bits per heavy atom. The third kappa shape index (κ3) is 3.62. The number of rotatable bonds is 3. The lowest BCUT2D eigenvalue weighted by molar-refractivity contribution is -0.135. The molecule has 4 heteroatoms. The highest BCUT2D eigenvalue weighted by Crippen LogP contribution is 2.59. The molecule has 1 N–H and O–H groups in total. The molecule has 4 rings (SSSR count). The first-order valence-electron chi connectivity index (χ1n) is 10.8. The Bertz CT molecular complexity index is 470. The summed E-state index contributed by atoms with van der Waals surface area (Å²) in [6, 6.07) is 0.781. The lowest BCUT2D eigenvalue weighted by Gasteiger charge is -2.42. The maximum absolute atomic E-state index is 12.9. The second kappa shape index (κ2) is 7.19. The van der Waals surface area contributed by atoms with Crippen molar-refractivity contribution in [2.75, 3.05) is 39.3 Å². The van der Waals surface area contributed by atoms with E-state index in [2.05, 4.69) is 29.0 Å². The number of carbonyl (C=O) groups is 1. The van der Waals surface area contributed by atoms with Crippen LogP contribution in [0.4, 0.5) is 0 Å². The molecular weight excluding hydrogens is 310 g/mol. The Balaban J connectivity index is 1.23. The SMILES string of the molecule is CC(C)C1CCC(N2CCN(C(=O)C3CC34CCNCC4)CC2)CC1. The topological polar surface area (TPSA) is 35.6 Å². The monoisotopic (exact) mass is 347 g/mol. The van der Waals surface area contributed by atoms with E-state index in [4.69, 9.17) is 0 Å². The van der Waals surface area contributed by atoms with Crippen molar-refractivity contribution in [3.8, 4) is 0 Å². The van der Waals surface area contributed by atoms with Gasteiger partial charge in [-0.1, -0.05) is 13.8 Å². The van der Waals surface area contributed by atoms with Crippen molar-refractivity contribution in [3.63, 3.8) is 0 Å². The molecule has 1 unspecified atom stereocenters. The molecule has 0 aromatic heterocycles. The minimum atomic E-state index is 0.350. The fourth-order valence-electron chi connectivity index (χ4n) is 5.84. The summed E-state index contributed by atoms with van der Waals surface area (Å²) < 4.78 is 0. The van der Waals surface area contributed by atoms with E-state index in [9.17, 15) is 4.79 Å². The molecule has 25 heavy (non-hydrogen) atoms. The van der Waals surface area contributed by atoms with Gasteiger partial charge in [-0.25, -0.2) is 0 Å². The van der Waals surface area contributed by atoms with Crippen molar-refractivity contribution in [2.24, 2.45) is 23.2 Å². The van der Waals surface area contributed by atoms with Gasteiger partial charge in [0, 0.05) is 38.1 Å². The third-order valence-corrected chi connectivity index (χ3v) is 7.91. The van der Waals surface area contributed by atoms with Crippen LogP contribution in [0, 0.1) is 23.2 Å². The first-order chi connectivity index (χ1) is 12.1. The summed E-state index contributed by atoms with van der Waals surface area (Å²) in [4.78, 5) is 17.8. The molecule has 4 aliphatic rings.